The summed E-state index contributed by atoms with van der Waals surface area (Å²) in [4.78, 5) is 8.99. The maximum absolute atomic E-state index is 9.55. The Balaban J connectivity index is 1.77. The Bertz CT molecular complexity index is 1280. The standard InChI is InChI=1S/C22H16N6O/c23-12-21-22(26-20-7-2-1-6-19(20)25-21)17-11-16(8-9-18(17)24)28-27-15-5-3-4-14(10-15)13-29/h1-11,29H,13,24H2/b28-27+. The summed E-state index contributed by atoms with van der Waals surface area (Å²) < 4.78 is 0. The lowest BCUT2D eigenvalue weighted by atomic mass is 10.1. The largest absolute Gasteiger partial charge is 0.398 e. The summed E-state index contributed by atoms with van der Waals surface area (Å²) in [5.74, 6) is 0. The number of azo groups is 1. The Morgan fingerprint density at radius 2 is 1.62 bits per heavy atom. The van der Waals surface area contributed by atoms with Crippen molar-refractivity contribution in [1.82, 2.24) is 9.97 Å². The molecule has 7 heteroatoms. The highest BCUT2D eigenvalue weighted by atomic mass is 16.3. The van der Waals surface area contributed by atoms with Gasteiger partial charge in [-0.25, -0.2) is 9.97 Å². The molecule has 7 nitrogen and oxygen atoms in total. The number of rotatable bonds is 4. The van der Waals surface area contributed by atoms with Crippen molar-refractivity contribution in [2.75, 3.05) is 5.73 Å². The fraction of sp³-hybridized carbons (Fsp3) is 0.0455. The lowest BCUT2D eigenvalue weighted by Crippen LogP contribution is -1.98. The molecular formula is C22H16N6O. The van der Waals surface area contributed by atoms with E-state index in [-0.39, 0.29) is 12.3 Å². The van der Waals surface area contributed by atoms with E-state index in [0.717, 1.165) is 5.56 Å². The van der Waals surface area contributed by atoms with E-state index < -0.39 is 0 Å². The Morgan fingerprint density at radius 1 is 0.897 bits per heavy atom. The maximum atomic E-state index is 9.55. The van der Waals surface area contributed by atoms with Gasteiger partial charge in [0.2, 0.25) is 0 Å². The minimum atomic E-state index is -0.0626. The summed E-state index contributed by atoms with van der Waals surface area (Å²) in [7, 11) is 0. The first-order valence-corrected chi connectivity index (χ1v) is 8.86. The average Bonchev–Trinajstić information content (AvgIpc) is 2.77. The highest BCUT2D eigenvalue weighted by Crippen LogP contribution is 2.32. The number of nitrogen functional groups attached to an aromatic ring is 1. The third kappa shape index (κ3) is 3.78. The molecular weight excluding hydrogens is 364 g/mol. The zero-order valence-electron chi connectivity index (χ0n) is 15.3. The van der Waals surface area contributed by atoms with Crippen molar-refractivity contribution < 1.29 is 5.11 Å². The lowest BCUT2D eigenvalue weighted by Gasteiger charge is -2.08. The van der Waals surface area contributed by atoms with Crippen molar-refractivity contribution in [2.45, 2.75) is 6.61 Å². The molecule has 0 spiro atoms. The minimum absolute atomic E-state index is 0.0626. The maximum Gasteiger partial charge on any atom is 0.167 e. The van der Waals surface area contributed by atoms with Gasteiger partial charge in [-0.3, -0.25) is 0 Å². The molecule has 0 aliphatic carbocycles. The number of fused-ring (bicyclic) bond motifs is 1. The van der Waals surface area contributed by atoms with E-state index in [1.54, 1.807) is 42.5 Å². The molecule has 0 saturated heterocycles. The molecule has 0 bridgehead atoms. The number of nitrogens with zero attached hydrogens (tertiary/aromatic N) is 5. The fourth-order valence-electron chi connectivity index (χ4n) is 2.91. The van der Waals surface area contributed by atoms with Gasteiger partial charge in [-0.2, -0.15) is 15.5 Å². The van der Waals surface area contributed by atoms with Gasteiger partial charge in [0.05, 0.1) is 29.0 Å². The Labute approximate surface area is 166 Å². The topological polar surface area (TPSA) is 121 Å². The van der Waals surface area contributed by atoms with Gasteiger partial charge in [0.1, 0.15) is 11.8 Å². The molecule has 3 aromatic carbocycles. The molecule has 1 heterocycles. The molecule has 0 fully saturated rings. The third-order valence-corrected chi connectivity index (χ3v) is 4.34. The molecule has 0 aliphatic heterocycles. The molecule has 0 amide bonds. The zero-order chi connectivity index (χ0) is 20.2. The Kier molecular flexibility index (Phi) is 4.93. The van der Waals surface area contributed by atoms with Gasteiger partial charge in [0.25, 0.3) is 0 Å². The first-order valence-electron chi connectivity index (χ1n) is 8.86. The van der Waals surface area contributed by atoms with Crippen molar-refractivity contribution in [1.29, 1.82) is 5.26 Å². The monoisotopic (exact) mass is 380 g/mol. The van der Waals surface area contributed by atoms with Crippen LogP contribution in [0.2, 0.25) is 0 Å². The smallest absolute Gasteiger partial charge is 0.167 e. The molecule has 0 unspecified atom stereocenters. The summed E-state index contributed by atoms with van der Waals surface area (Å²) in [5.41, 5.74) is 11.0. The minimum Gasteiger partial charge on any atom is -0.398 e. The summed E-state index contributed by atoms with van der Waals surface area (Å²) >= 11 is 0. The van der Waals surface area contributed by atoms with Crippen LogP contribution in [-0.2, 0) is 6.61 Å². The molecule has 0 saturated carbocycles. The fourth-order valence-corrected chi connectivity index (χ4v) is 2.91. The number of nitriles is 1. The van der Waals surface area contributed by atoms with Gasteiger partial charge < -0.3 is 10.8 Å². The van der Waals surface area contributed by atoms with E-state index in [9.17, 15) is 10.4 Å². The van der Waals surface area contributed by atoms with E-state index in [2.05, 4.69) is 26.3 Å². The van der Waals surface area contributed by atoms with E-state index in [4.69, 9.17) is 5.73 Å². The first kappa shape index (κ1) is 18.2. The van der Waals surface area contributed by atoms with E-state index in [1.807, 2.05) is 24.3 Å². The van der Waals surface area contributed by atoms with Crippen LogP contribution in [0.1, 0.15) is 11.3 Å². The number of aliphatic hydroxyl groups excluding tert-OH is 1. The van der Waals surface area contributed by atoms with Crippen LogP contribution >= 0.6 is 0 Å². The van der Waals surface area contributed by atoms with Gasteiger partial charge in [-0.15, -0.1) is 0 Å². The number of para-hydroxylation sites is 2. The predicted molar refractivity (Wildman–Crippen MR) is 111 cm³/mol. The van der Waals surface area contributed by atoms with Crippen LogP contribution in [-0.4, -0.2) is 15.1 Å². The molecule has 4 aromatic rings. The van der Waals surface area contributed by atoms with Crippen molar-refractivity contribution in [3.05, 3.63) is 78.0 Å². The number of benzene rings is 3. The molecule has 3 N–H and O–H groups in total. The van der Waals surface area contributed by atoms with Crippen LogP contribution in [0.4, 0.5) is 17.1 Å². The van der Waals surface area contributed by atoms with Crippen LogP contribution in [0, 0.1) is 11.3 Å². The molecule has 0 atom stereocenters. The average molecular weight is 380 g/mol. The van der Waals surface area contributed by atoms with Crippen LogP contribution in [0.5, 0.6) is 0 Å². The van der Waals surface area contributed by atoms with Crippen LogP contribution in [0.15, 0.2) is 77.0 Å². The van der Waals surface area contributed by atoms with Crippen molar-refractivity contribution >= 4 is 28.1 Å². The van der Waals surface area contributed by atoms with Crippen molar-refractivity contribution in [3.8, 4) is 17.3 Å². The summed E-state index contributed by atoms with van der Waals surface area (Å²) in [6, 6.07) is 21.8. The highest BCUT2D eigenvalue weighted by molar-refractivity contribution is 5.84. The second-order valence-electron chi connectivity index (χ2n) is 6.32. The molecule has 1 aromatic heterocycles. The van der Waals surface area contributed by atoms with E-state index >= 15 is 0 Å². The molecule has 0 radical (unpaired) electrons. The summed E-state index contributed by atoms with van der Waals surface area (Å²) in [6.45, 7) is -0.0626. The van der Waals surface area contributed by atoms with E-state index in [0.29, 0.717) is 39.4 Å². The zero-order valence-corrected chi connectivity index (χ0v) is 15.3. The number of anilines is 1. The predicted octanol–water partition coefficient (Wildman–Crippen LogP) is 4.66. The normalized spacial score (nSPS) is 11.0. The second kappa shape index (κ2) is 7.84. The van der Waals surface area contributed by atoms with Gasteiger partial charge in [-0.05, 0) is 48.0 Å². The summed E-state index contributed by atoms with van der Waals surface area (Å²) in [6.07, 6.45) is 0. The Morgan fingerprint density at radius 3 is 2.34 bits per heavy atom. The van der Waals surface area contributed by atoms with Crippen molar-refractivity contribution in [2.24, 2.45) is 10.2 Å². The lowest BCUT2D eigenvalue weighted by molar-refractivity contribution is 0.282. The van der Waals surface area contributed by atoms with Crippen molar-refractivity contribution in [3.63, 3.8) is 0 Å². The van der Waals surface area contributed by atoms with Gasteiger partial charge in [-0.1, -0.05) is 24.3 Å². The van der Waals surface area contributed by atoms with Gasteiger partial charge >= 0.3 is 0 Å². The molecule has 0 aliphatic rings. The third-order valence-electron chi connectivity index (χ3n) is 4.34. The Hall–Kier alpha value is -4.15. The molecule has 140 valence electrons. The number of aromatic nitrogens is 2. The quantitative estimate of drug-likeness (QED) is 0.394. The second-order valence-corrected chi connectivity index (χ2v) is 6.32. The molecule has 29 heavy (non-hydrogen) atoms. The first-order chi connectivity index (χ1) is 14.2. The number of hydrogen-bond acceptors (Lipinski definition) is 7. The SMILES string of the molecule is N#Cc1nc2ccccc2nc1-c1cc(/N=N/c2cccc(CO)c2)ccc1N. The number of nitrogens with two attached hydrogens (primary N) is 1. The van der Waals surface area contributed by atoms with E-state index in [1.165, 1.54) is 0 Å². The van der Waals surface area contributed by atoms with Crippen LogP contribution in [0.3, 0.4) is 0 Å². The number of hydrogen-bond donors (Lipinski definition) is 2. The van der Waals surface area contributed by atoms with Gasteiger partial charge in [0.15, 0.2) is 5.69 Å². The highest BCUT2D eigenvalue weighted by Gasteiger charge is 2.14. The number of aliphatic hydroxyl groups is 1. The molecule has 4 rings (SSSR count). The van der Waals surface area contributed by atoms with Crippen LogP contribution < -0.4 is 5.73 Å². The van der Waals surface area contributed by atoms with Gasteiger partial charge in [0, 0.05) is 11.3 Å². The summed E-state index contributed by atoms with van der Waals surface area (Å²) in [5, 5.41) is 27.3. The van der Waals surface area contributed by atoms with Crippen LogP contribution in [0.25, 0.3) is 22.3 Å².